The fourth-order valence-electron chi connectivity index (χ4n) is 3.20. The molecule has 4 rings (SSSR count). The average Bonchev–Trinajstić information content (AvgIpc) is 3.10. The molecular weight excluding hydrogens is 298 g/mol. The number of nitrogens with one attached hydrogen (secondary N) is 1. The molecule has 1 aliphatic carbocycles. The molecule has 2 aromatic rings. The van der Waals surface area contributed by atoms with Gasteiger partial charge in [0.05, 0.1) is 19.1 Å². The molecule has 126 valence electrons. The first-order valence-electron chi connectivity index (χ1n) is 8.66. The lowest BCUT2D eigenvalue weighted by molar-refractivity contribution is 0.336. The first-order chi connectivity index (χ1) is 11.9. The van der Waals surface area contributed by atoms with Gasteiger partial charge in [-0.3, -0.25) is 0 Å². The van der Waals surface area contributed by atoms with E-state index in [0.717, 1.165) is 31.0 Å². The zero-order valence-corrected chi connectivity index (χ0v) is 13.9. The Labute approximate surface area is 143 Å². The summed E-state index contributed by atoms with van der Waals surface area (Å²) in [7, 11) is 0. The van der Waals surface area contributed by atoms with Gasteiger partial charge < -0.3 is 14.8 Å². The van der Waals surface area contributed by atoms with Crippen LogP contribution in [0.1, 0.15) is 30.7 Å². The van der Waals surface area contributed by atoms with E-state index in [9.17, 15) is 0 Å². The largest absolute Gasteiger partial charge is 0.472 e. The van der Waals surface area contributed by atoms with E-state index in [1.165, 1.54) is 28.8 Å². The highest BCUT2D eigenvalue weighted by Crippen LogP contribution is 2.24. The maximum Gasteiger partial charge on any atom is 0.0937 e. The van der Waals surface area contributed by atoms with E-state index in [1.54, 1.807) is 6.26 Å². The highest BCUT2D eigenvalue weighted by atomic mass is 16.3. The van der Waals surface area contributed by atoms with Crippen molar-refractivity contribution in [2.75, 3.05) is 19.7 Å². The van der Waals surface area contributed by atoms with Gasteiger partial charge in [0, 0.05) is 0 Å². The van der Waals surface area contributed by atoms with Gasteiger partial charge in [-0.05, 0) is 72.0 Å². The van der Waals surface area contributed by atoms with Gasteiger partial charge in [0.15, 0.2) is 0 Å². The van der Waals surface area contributed by atoms with E-state index in [1.807, 2.05) is 24.5 Å². The Morgan fingerprint density at radius 1 is 1.04 bits per heavy atom. The molecule has 3 heteroatoms. The van der Waals surface area contributed by atoms with Crippen LogP contribution in [0.4, 0.5) is 0 Å². The molecule has 0 unspecified atom stereocenters. The number of aliphatic hydroxyl groups is 1. The van der Waals surface area contributed by atoms with Gasteiger partial charge in [0.1, 0.15) is 0 Å². The monoisotopic (exact) mass is 323 g/mol. The number of hydrogen-bond donors (Lipinski definition) is 2. The number of hydrogen-bond acceptors (Lipinski definition) is 3. The van der Waals surface area contributed by atoms with Gasteiger partial charge in [0.2, 0.25) is 0 Å². The average molecular weight is 323 g/mol. The highest BCUT2D eigenvalue weighted by Gasteiger charge is 2.15. The van der Waals surface area contributed by atoms with Gasteiger partial charge in [0.25, 0.3) is 0 Å². The van der Waals surface area contributed by atoms with Crippen LogP contribution in [0.2, 0.25) is 0 Å². The third-order valence-electron chi connectivity index (χ3n) is 4.59. The number of furan rings is 1. The normalized spacial score (nSPS) is 17.3. The molecule has 0 saturated carbocycles. The first kappa shape index (κ1) is 16.7. The van der Waals surface area contributed by atoms with Gasteiger partial charge >= 0.3 is 0 Å². The van der Waals surface area contributed by atoms with E-state index in [0.29, 0.717) is 0 Å². The van der Waals surface area contributed by atoms with Crippen molar-refractivity contribution in [1.29, 1.82) is 0 Å². The third-order valence-corrected chi connectivity index (χ3v) is 4.59. The van der Waals surface area contributed by atoms with E-state index in [-0.39, 0.29) is 6.61 Å². The Morgan fingerprint density at radius 2 is 1.83 bits per heavy atom. The number of benzene rings is 1. The smallest absolute Gasteiger partial charge is 0.0937 e. The Morgan fingerprint density at radius 3 is 2.54 bits per heavy atom. The van der Waals surface area contributed by atoms with Crippen LogP contribution in [-0.2, 0) is 0 Å². The van der Waals surface area contributed by atoms with Crippen molar-refractivity contribution >= 4 is 12.2 Å². The molecular formula is C21H25NO2. The number of allylic oxidation sites excluding steroid dienone is 1. The van der Waals surface area contributed by atoms with Gasteiger partial charge in [-0.2, -0.15) is 0 Å². The van der Waals surface area contributed by atoms with Gasteiger partial charge in [-0.1, -0.05) is 36.4 Å². The van der Waals surface area contributed by atoms with Crippen molar-refractivity contribution in [3.8, 4) is 0 Å². The Kier molecular flexibility index (Phi) is 6.05. The lowest BCUT2D eigenvalue weighted by atomic mass is 9.92. The summed E-state index contributed by atoms with van der Waals surface area (Å²) in [4.78, 5) is 0. The molecule has 2 heterocycles. The lowest BCUT2D eigenvalue weighted by Crippen LogP contribution is -2.26. The van der Waals surface area contributed by atoms with Crippen molar-refractivity contribution in [1.82, 2.24) is 5.32 Å². The molecule has 3 nitrogen and oxygen atoms in total. The van der Waals surface area contributed by atoms with Crippen LogP contribution in [0.3, 0.4) is 0 Å². The second kappa shape index (κ2) is 8.67. The maximum atomic E-state index is 9.03. The Hall–Kier alpha value is -2.10. The predicted molar refractivity (Wildman–Crippen MR) is 98.0 cm³/mol. The summed E-state index contributed by atoms with van der Waals surface area (Å²) < 4.78 is 5.05. The fraction of sp³-hybridized carbons (Fsp3) is 0.333. The summed E-state index contributed by atoms with van der Waals surface area (Å²) in [6, 6.07) is 10.3. The van der Waals surface area contributed by atoms with E-state index in [4.69, 9.17) is 9.52 Å². The molecule has 24 heavy (non-hydrogen) atoms. The molecule has 2 N–H and O–H groups in total. The summed E-state index contributed by atoms with van der Waals surface area (Å²) in [5.74, 6) is 0.731. The molecule has 0 spiro atoms. The second-order valence-corrected chi connectivity index (χ2v) is 6.23. The van der Waals surface area contributed by atoms with Crippen LogP contribution in [0.15, 0.2) is 58.9 Å². The van der Waals surface area contributed by atoms with Gasteiger partial charge in [-0.15, -0.1) is 0 Å². The Balaban J connectivity index is 0.000000143. The van der Waals surface area contributed by atoms with Crippen molar-refractivity contribution in [3.63, 3.8) is 0 Å². The molecule has 1 fully saturated rings. The lowest BCUT2D eigenvalue weighted by Gasteiger charge is -2.20. The standard InChI is InChI=1S/C12H12O.C9H13NO/c13-9-10-4-3-7-11-5-1-2-6-12(11)8-10;1-4-10-5-2-8(1)9-3-6-11-7-9/h1-2,4-8,13H,3,9H2;3,6-8,10H,1-2,4-5H2. The molecule has 1 aromatic carbocycles. The minimum absolute atomic E-state index is 0.127. The van der Waals surface area contributed by atoms with Crippen LogP contribution < -0.4 is 15.8 Å². The number of piperidine rings is 1. The summed E-state index contributed by atoms with van der Waals surface area (Å²) in [6.45, 7) is 2.42. The maximum absolute atomic E-state index is 9.03. The van der Waals surface area contributed by atoms with Crippen LogP contribution in [-0.4, -0.2) is 24.8 Å². The van der Waals surface area contributed by atoms with Crippen molar-refractivity contribution in [2.24, 2.45) is 0 Å². The summed E-state index contributed by atoms with van der Waals surface area (Å²) in [5, 5.41) is 14.8. The van der Waals surface area contributed by atoms with E-state index >= 15 is 0 Å². The molecule has 1 saturated heterocycles. The molecule has 1 aromatic heterocycles. The molecule has 0 bridgehead atoms. The van der Waals surface area contributed by atoms with Crippen molar-refractivity contribution in [2.45, 2.75) is 25.2 Å². The SMILES string of the molecule is OCC1=CCC=c2ccccc2=C1.c1cc(C2CCNCC2)co1. The third kappa shape index (κ3) is 4.47. The first-order valence-corrected chi connectivity index (χ1v) is 8.66. The molecule has 0 atom stereocenters. The van der Waals surface area contributed by atoms with E-state index in [2.05, 4.69) is 35.7 Å². The topological polar surface area (TPSA) is 45.4 Å². The van der Waals surface area contributed by atoms with Crippen LogP contribution >= 0.6 is 0 Å². The fourth-order valence-corrected chi connectivity index (χ4v) is 3.20. The van der Waals surface area contributed by atoms with Crippen LogP contribution in [0.25, 0.3) is 12.2 Å². The highest BCUT2D eigenvalue weighted by molar-refractivity contribution is 5.51. The number of aliphatic hydroxyl groups excluding tert-OH is 1. The van der Waals surface area contributed by atoms with Crippen molar-refractivity contribution < 1.29 is 9.52 Å². The predicted octanol–water partition coefficient (Wildman–Crippen LogP) is 2.32. The summed E-state index contributed by atoms with van der Waals surface area (Å²) in [6.07, 6.45) is 13.3. The number of rotatable bonds is 2. The zero-order valence-electron chi connectivity index (χ0n) is 13.9. The quantitative estimate of drug-likeness (QED) is 0.891. The molecule has 1 aliphatic heterocycles. The van der Waals surface area contributed by atoms with Crippen molar-refractivity contribution in [3.05, 3.63) is 70.5 Å². The summed E-state index contributed by atoms with van der Waals surface area (Å²) >= 11 is 0. The second-order valence-electron chi connectivity index (χ2n) is 6.23. The molecule has 0 amide bonds. The minimum atomic E-state index is 0.127. The molecule has 2 aliphatic rings. The van der Waals surface area contributed by atoms with Crippen LogP contribution in [0, 0.1) is 0 Å². The van der Waals surface area contributed by atoms with Crippen LogP contribution in [0.5, 0.6) is 0 Å². The summed E-state index contributed by atoms with van der Waals surface area (Å²) in [5.41, 5.74) is 2.37. The van der Waals surface area contributed by atoms with E-state index < -0.39 is 0 Å². The minimum Gasteiger partial charge on any atom is -0.472 e. The zero-order chi connectivity index (χ0) is 16.6. The number of fused-ring (bicyclic) bond motifs is 1. The Bertz CT molecular complexity index is 768. The molecule has 0 radical (unpaired) electrons. The van der Waals surface area contributed by atoms with Gasteiger partial charge in [-0.25, -0.2) is 0 Å².